The number of hydrogen-bond donors (Lipinski definition) is 0. The number of piperazine rings is 1. The van der Waals surface area contributed by atoms with Crippen molar-refractivity contribution in [2.75, 3.05) is 40.3 Å². The molecular formula is C12H16N4O2S. The third-order valence-electron chi connectivity index (χ3n) is 3.41. The van der Waals surface area contributed by atoms with Gasteiger partial charge < -0.3 is 14.5 Å². The van der Waals surface area contributed by atoms with Crippen LogP contribution in [0.4, 0.5) is 0 Å². The zero-order valence-corrected chi connectivity index (χ0v) is 11.8. The first kappa shape index (κ1) is 12.4. The Morgan fingerprint density at radius 1 is 1.37 bits per heavy atom. The lowest BCUT2D eigenvalue weighted by Gasteiger charge is -2.32. The van der Waals surface area contributed by atoms with Crippen LogP contribution in [0.1, 0.15) is 10.4 Å². The Kier molecular flexibility index (Phi) is 3.16. The number of carbonyl (C=O) groups is 1. The van der Waals surface area contributed by atoms with Crippen molar-refractivity contribution >= 4 is 22.1 Å². The van der Waals surface area contributed by atoms with Gasteiger partial charge in [-0.1, -0.05) is 0 Å². The summed E-state index contributed by atoms with van der Waals surface area (Å²) in [4.78, 5) is 17.6. The summed E-state index contributed by atoms with van der Waals surface area (Å²) >= 11 is 1.51. The molecule has 6 nitrogen and oxygen atoms in total. The maximum atomic E-state index is 12.6. The van der Waals surface area contributed by atoms with Crippen LogP contribution in [-0.2, 0) is 0 Å². The van der Waals surface area contributed by atoms with Crippen molar-refractivity contribution in [3.63, 3.8) is 0 Å². The SMILES string of the molecule is COc1nn2ccsc2c1C(=O)N1CCN(C)CC1. The number of amides is 1. The lowest BCUT2D eigenvalue weighted by molar-refractivity contribution is 0.0663. The fourth-order valence-corrected chi connectivity index (χ4v) is 3.07. The van der Waals surface area contributed by atoms with E-state index < -0.39 is 0 Å². The molecule has 2 aromatic rings. The van der Waals surface area contributed by atoms with Crippen molar-refractivity contribution in [2.24, 2.45) is 0 Å². The van der Waals surface area contributed by atoms with Crippen LogP contribution in [0.2, 0.25) is 0 Å². The zero-order chi connectivity index (χ0) is 13.4. The van der Waals surface area contributed by atoms with Gasteiger partial charge in [-0.05, 0) is 7.05 Å². The van der Waals surface area contributed by atoms with E-state index in [9.17, 15) is 4.79 Å². The number of carbonyl (C=O) groups excluding carboxylic acids is 1. The average molecular weight is 280 g/mol. The smallest absolute Gasteiger partial charge is 0.262 e. The molecule has 19 heavy (non-hydrogen) atoms. The van der Waals surface area contributed by atoms with Crippen LogP contribution in [-0.4, -0.2) is 65.7 Å². The number of ether oxygens (including phenoxy) is 1. The van der Waals surface area contributed by atoms with Crippen LogP contribution in [0.3, 0.4) is 0 Å². The predicted molar refractivity (Wildman–Crippen MR) is 73.0 cm³/mol. The normalized spacial score (nSPS) is 17.1. The minimum Gasteiger partial charge on any atom is -0.479 e. The van der Waals surface area contributed by atoms with Crippen LogP contribution in [0.25, 0.3) is 4.83 Å². The van der Waals surface area contributed by atoms with E-state index in [4.69, 9.17) is 4.74 Å². The fraction of sp³-hybridized carbons (Fsp3) is 0.500. The first-order valence-electron chi connectivity index (χ1n) is 6.18. The summed E-state index contributed by atoms with van der Waals surface area (Å²) in [7, 11) is 3.62. The van der Waals surface area contributed by atoms with Crippen LogP contribution in [0.15, 0.2) is 11.6 Å². The van der Waals surface area contributed by atoms with Gasteiger partial charge in [0.05, 0.1) is 7.11 Å². The first-order valence-corrected chi connectivity index (χ1v) is 7.06. The van der Waals surface area contributed by atoms with Gasteiger partial charge in [-0.2, -0.15) is 0 Å². The Hall–Kier alpha value is -1.60. The number of nitrogens with zero attached hydrogens (tertiary/aromatic N) is 4. The Bertz CT molecular complexity index is 598. The Morgan fingerprint density at radius 2 is 2.11 bits per heavy atom. The van der Waals surface area contributed by atoms with Gasteiger partial charge in [0.1, 0.15) is 10.4 Å². The van der Waals surface area contributed by atoms with Crippen LogP contribution in [0, 0.1) is 0 Å². The first-order chi connectivity index (χ1) is 9.20. The highest BCUT2D eigenvalue weighted by Gasteiger charge is 2.27. The Labute approximate surface area is 115 Å². The minimum atomic E-state index is 0.0161. The number of aromatic nitrogens is 2. The van der Waals surface area contributed by atoms with Gasteiger partial charge in [0, 0.05) is 37.8 Å². The summed E-state index contributed by atoms with van der Waals surface area (Å²) in [5.74, 6) is 0.429. The molecule has 1 amide bonds. The highest BCUT2D eigenvalue weighted by molar-refractivity contribution is 7.16. The maximum absolute atomic E-state index is 12.6. The molecule has 0 unspecified atom stereocenters. The van der Waals surface area contributed by atoms with E-state index >= 15 is 0 Å². The van der Waals surface area contributed by atoms with Gasteiger partial charge in [0.2, 0.25) is 5.88 Å². The highest BCUT2D eigenvalue weighted by Crippen LogP contribution is 2.27. The monoisotopic (exact) mass is 280 g/mol. The van der Waals surface area contributed by atoms with Gasteiger partial charge in [-0.15, -0.1) is 16.4 Å². The number of fused-ring (bicyclic) bond motifs is 1. The number of hydrogen-bond acceptors (Lipinski definition) is 5. The van der Waals surface area contributed by atoms with Gasteiger partial charge in [0.25, 0.3) is 5.91 Å². The molecule has 1 aliphatic heterocycles. The van der Waals surface area contributed by atoms with Gasteiger partial charge in [0.15, 0.2) is 0 Å². The van der Waals surface area contributed by atoms with Crippen LogP contribution < -0.4 is 4.74 Å². The van der Waals surface area contributed by atoms with Crippen LogP contribution >= 0.6 is 11.3 Å². The fourth-order valence-electron chi connectivity index (χ4n) is 2.26. The van der Waals surface area contributed by atoms with Crippen molar-refractivity contribution in [1.29, 1.82) is 0 Å². The van der Waals surface area contributed by atoms with Crippen molar-refractivity contribution in [1.82, 2.24) is 19.4 Å². The molecule has 2 aromatic heterocycles. The Morgan fingerprint density at radius 3 is 2.79 bits per heavy atom. The summed E-state index contributed by atoms with van der Waals surface area (Å²) in [6.45, 7) is 3.31. The second-order valence-electron chi connectivity index (χ2n) is 4.63. The van der Waals surface area contributed by atoms with Crippen molar-refractivity contribution in [2.45, 2.75) is 0 Å². The summed E-state index contributed by atoms with van der Waals surface area (Å²) in [6.07, 6.45) is 1.84. The second-order valence-corrected chi connectivity index (χ2v) is 5.53. The number of likely N-dealkylation sites (N-methyl/N-ethyl adjacent to an activating group) is 1. The zero-order valence-electron chi connectivity index (χ0n) is 11.0. The molecule has 3 heterocycles. The molecule has 0 aromatic carbocycles. The number of thiazole rings is 1. The molecular weight excluding hydrogens is 264 g/mol. The van der Waals surface area contributed by atoms with Crippen molar-refractivity contribution in [3.05, 3.63) is 17.1 Å². The molecule has 0 spiro atoms. The Balaban J connectivity index is 1.94. The molecule has 102 valence electrons. The van der Waals surface area contributed by atoms with E-state index in [1.165, 1.54) is 11.3 Å². The molecule has 0 aliphatic carbocycles. The van der Waals surface area contributed by atoms with Gasteiger partial charge in [-0.3, -0.25) is 4.79 Å². The molecule has 1 saturated heterocycles. The molecule has 0 atom stereocenters. The minimum absolute atomic E-state index is 0.0161. The van der Waals surface area contributed by atoms with E-state index in [1.54, 1.807) is 11.6 Å². The second kappa shape index (κ2) is 4.82. The van der Waals surface area contributed by atoms with Gasteiger partial charge in [-0.25, -0.2) is 4.52 Å². The van der Waals surface area contributed by atoms with E-state index in [2.05, 4.69) is 17.0 Å². The predicted octanol–water partition coefficient (Wildman–Crippen LogP) is 0.792. The molecule has 1 fully saturated rings. The largest absolute Gasteiger partial charge is 0.479 e. The van der Waals surface area contributed by atoms with E-state index in [0.29, 0.717) is 11.4 Å². The molecule has 7 heteroatoms. The number of rotatable bonds is 2. The maximum Gasteiger partial charge on any atom is 0.262 e. The van der Waals surface area contributed by atoms with Crippen molar-refractivity contribution < 1.29 is 9.53 Å². The molecule has 0 N–H and O–H groups in total. The molecule has 0 radical (unpaired) electrons. The van der Waals surface area contributed by atoms with Crippen molar-refractivity contribution in [3.8, 4) is 5.88 Å². The summed E-state index contributed by atoms with van der Waals surface area (Å²) in [5, 5.41) is 6.19. The summed E-state index contributed by atoms with van der Waals surface area (Å²) in [6, 6.07) is 0. The molecule has 1 aliphatic rings. The molecule has 0 bridgehead atoms. The topological polar surface area (TPSA) is 50.1 Å². The van der Waals surface area contributed by atoms with E-state index in [1.807, 2.05) is 16.5 Å². The summed E-state index contributed by atoms with van der Waals surface area (Å²) < 4.78 is 6.94. The van der Waals surface area contributed by atoms with Crippen LogP contribution in [0.5, 0.6) is 5.88 Å². The quantitative estimate of drug-likeness (QED) is 0.816. The standard InChI is InChI=1S/C12H16N4O2S/c1-14-3-5-15(6-4-14)11(17)9-10(18-2)13-16-7-8-19-12(9)16/h7-8H,3-6H2,1-2H3. The van der Waals surface area contributed by atoms with E-state index in [-0.39, 0.29) is 5.91 Å². The molecule has 0 saturated carbocycles. The van der Waals surface area contributed by atoms with Gasteiger partial charge >= 0.3 is 0 Å². The lowest BCUT2D eigenvalue weighted by Crippen LogP contribution is -2.47. The molecule has 3 rings (SSSR count). The third kappa shape index (κ3) is 2.08. The average Bonchev–Trinajstić information content (AvgIpc) is 2.98. The van der Waals surface area contributed by atoms with E-state index in [0.717, 1.165) is 31.0 Å². The highest BCUT2D eigenvalue weighted by atomic mass is 32.1. The lowest BCUT2D eigenvalue weighted by atomic mass is 10.2. The summed E-state index contributed by atoms with van der Waals surface area (Å²) in [5.41, 5.74) is 0.585. The number of methoxy groups -OCH3 is 1. The third-order valence-corrected chi connectivity index (χ3v) is 4.29.